The van der Waals surface area contributed by atoms with Crippen LogP contribution in [0.5, 0.6) is 5.75 Å². The summed E-state index contributed by atoms with van der Waals surface area (Å²) in [5, 5.41) is 11.3. The van der Waals surface area contributed by atoms with Gasteiger partial charge in [0.2, 0.25) is 0 Å². The van der Waals surface area contributed by atoms with Crippen LogP contribution in [0.3, 0.4) is 0 Å². The Hall–Kier alpha value is -1.94. The van der Waals surface area contributed by atoms with Gasteiger partial charge in [0.15, 0.2) is 0 Å². The van der Waals surface area contributed by atoms with Crippen molar-refractivity contribution in [3.05, 3.63) is 53.9 Å². The molecule has 4 heteroatoms. The van der Waals surface area contributed by atoms with Gasteiger partial charge in [-0.15, -0.1) is 0 Å². The van der Waals surface area contributed by atoms with Gasteiger partial charge in [0.05, 0.1) is 12.3 Å². The van der Waals surface area contributed by atoms with E-state index in [-0.39, 0.29) is 6.04 Å². The Bertz CT molecular complexity index is 485. The molecule has 1 aromatic heterocycles. The summed E-state index contributed by atoms with van der Waals surface area (Å²) in [5.74, 6) is 0.910. The molecular weight excluding hydrogens is 238 g/mol. The van der Waals surface area contributed by atoms with Gasteiger partial charge in [0.25, 0.3) is 0 Å². The van der Waals surface area contributed by atoms with Crippen molar-refractivity contribution in [3.8, 4) is 5.75 Å². The molecule has 1 heterocycles. The van der Waals surface area contributed by atoms with Crippen LogP contribution in [0.2, 0.25) is 0 Å². The van der Waals surface area contributed by atoms with Crippen LogP contribution in [-0.2, 0) is 6.54 Å². The van der Waals surface area contributed by atoms with Crippen molar-refractivity contribution >= 4 is 0 Å². The smallest absolute Gasteiger partial charge is 0.119 e. The lowest BCUT2D eigenvalue weighted by Gasteiger charge is -2.14. The summed E-state index contributed by atoms with van der Waals surface area (Å²) in [5.41, 5.74) is 2.17. The maximum Gasteiger partial charge on any atom is 0.119 e. The van der Waals surface area contributed by atoms with E-state index in [9.17, 15) is 0 Å². The van der Waals surface area contributed by atoms with Crippen LogP contribution in [0.15, 0.2) is 42.6 Å². The second kappa shape index (κ2) is 6.85. The molecule has 100 valence electrons. The van der Waals surface area contributed by atoms with E-state index in [0.29, 0.717) is 13.2 Å². The molecule has 1 atom stereocenters. The highest BCUT2D eigenvalue weighted by atomic mass is 16.5. The molecule has 0 saturated heterocycles. The summed E-state index contributed by atoms with van der Waals surface area (Å²) < 4.78 is 5.43. The van der Waals surface area contributed by atoms with E-state index < -0.39 is 0 Å². The molecule has 0 radical (unpaired) electrons. The first-order valence-electron chi connectivity index (χ1n) is 6.52. The molecule has 0 aliphatic rings. The van der Waals surface area contributed by atoms with Gasteiger partial charge in [-0.1, -0.05) is 12.1 Å². The largest absolute Gasteiger partial charge is 0.494 e. The van der Waals surface area contributed by atoms with Crippen LogP contribution in [0.1, 0.15) is 31.1 Å². The van der Waals surface area contributed by atoms with Crippen molar-refractivity contribution in [2.24, 2.45) is 0 Å². The maximum absolute atomic E-state index is 5.43. The van der Waals surface area contributed by atoms with Crippen molar-refractivity contribution in [1.82, 2.24) is 15.5 Å². The first-order valence-corrected chi connectivity index (χ1v) is 6.52. The lowest BCUT2D eigenvalue weighted by molar-refractivity contribution is 0.340. The van der Waals surface area contributed by atoms with Gasteiger partial charge in [-0.05, 0) is 43.7 Å². The van der Waals surface area contributed by atoms with Gasteiger partial charge in [0.1, 0.15) is 5.75 Å². The third-order valence-electron chi connectivity index (χ3n) is 2.91. The third-order valence-corrected chi connectivity index (χ3v) is 2.91. The molecule has 0 amide bonds. The lowest BCUT2D eigenvalue weighted by atomic mass is 10.1. The van der Waals surface area contributed by atoms with E-state index in [2.05, 4.69) is 34.6 Å². The minimum Gasteiger partial charge on any atom is -0.494 e. The topological polar surface area (TPSA) is 47.0 Å². The van der Waals surface area contributed by atoms with Crippen molar-refractivity contribution in [2.75, 3.05) is 6.61 Å². The minimum absolute atomic E-state index is 0.262. The SMILES string of the molecule is CCOc1ccc(C(C)NCc2cccnn2)cc1. The number of hydrogen-bond donors (Lipinski definition) is 1. The Morgan fingerprint density at radius 3 is 2.63 bits per heavy atom. The number of ether oxygens (including phenoxy) is 1. The Morgan fingerprint density at radius 1 is 1.21 bits per heavy atom. The Kier molecular flexibility index (Phi) is 4.86. The quantitative estimate of drug-likeness (QED) is 0.864. The van der Waals surface area contributed by atoms with E-state index in [4.69, 9.17) is 4.74 Å². The Labute approximate surface area is 113 Å². The first kappa shape index (κ1) is 13.5. The summed E-state index contributed by atoms with van der Waals surface area (Å²) in [6, 6.07) is 12.3. The van der Waals surface area contributed by atoms with Crippen LogP contribution in [0.4, 0.5) is 0 Å². The molecule has 1 N–H and O–H groups in total. The highest BCUT2D eigenvalue weighted by Crippen LogP contribution is 2.17. The molecule has 0 aliphatic heterocycles. The lowest BCUT2D eigenvalue weighted by Crippen LogP contribution is -2.18. The highest BCUT2D eigenvalue weighted by molar-refractivity contribution is 5.28. The monoisotopic (exact) mass is 257 g/mol. The van der Waals surface area contributed by atoms with Crippen LogP contribution in [-0.4, -0.2) is 16.8 Å². The molecule has 0 saturated carbocycles. The number of aromatic nitrogens is 2. The molecular formula is C15H19N3O. The van der Waals surface area contributed by atoms with Crippen LogP contribution in [0, 0.1) is 0 Å². The third kappa shape index (κ3) is 4.03. The van der Waals surface area contributed by atoms with Gasteiger partial charge in [-0.3, -0.25) is 0 Å². The fourth-order valence-electron chi connectivity index (χ4n) is 1.82. The second-order valence-corrected chi connectivity index (χ2v) is 4.32. The van der Waals surface area contributed by atoms with Gasteiger partial charge in [0, 0.05) is 18.8 Å². The normalized spacial score (nSPS) is 12.1. The summed E-state index contributed by atoms with van der Waals surface area (Å²) in [6.45, 7) is 5.52. The predicted octanol–water partition coefficient (Wildman–Crippen LogP) is 2.73. The molecule has 4 nitrogen and oxygen atoms in total. The summed E-state index contributed by atoms with van der Waals surface area (Å²) in [6.07, 6.45) is 1.68. The molecule has 0 fully saturated rings. The van der Waals surface area contributed by atoms with E-state index >= 15 is 0 Å². The summed E-state index contributed by atoms with van der Waals surface area (Å²) in [7, 11) is 0. The van der Waals surface area contributed by atoms with Gasteiger partial charge >= 0.3 is 0 Å². The molecule has 1 unspecified atom stereocenters. The van der Waals surface area contributed by atoms with E-state index in [1.54, 1.807) is 6.20 Å². The van der Waals surface area contributed by atoms with Crippen molar-refractivity contribution < 1.29 is 4.74 Å². The zero-order valence-corrected chi connectivity index (χ0v) is 11.3. The molecule has 1 aromatic carbocycles. The number of rotatable bonds is 6. The predicted molar refractivity (Wildman–Crippen MR) is 74.9 cm³/mol. The zero-order chi connectivity index (χ0) is 13.5. The number of hydrogen-bond acceptors (Lipinski definition) is 4. The average molecular weight is 257 g/mol. The van der Waals surface area contributed by atoms with Gasteiger partial charge < -0.3 is 10.1 Å². The Balaban J connectivity index is 1.90. The highest BCUT2D eigenvalue weighted by Gasteiger charge is 2.05. The van der Waals surface area contributed by atoms with Crippen LogP contribution >= 0.6 is 0 Å². The summed E-state index contributed by atoms with van der Waals surface area (Å²) in [4.78, 5) is 0. The molecule has 0 aliphatic carbocycles. The van der Waals surface area contributed by atoms with Crippen molar-refractivity contribution in [1.29, 1.82) is 0 Å². The number of nitrogens with one attached hydrogen (secondary N) is 1. The van der Waals surface area contributed by atoms with E-state index in [1.807, 2.05) is 31.2 Å². The fraction of sp³-hybridized carbons (Fsp3) is 0.333. The van der Waals surface area contributed by atoms with Crippen molar-refractivity contribution in [2.45, 2.75) is 26.4 Å². The summed E-state index contributed by atoms with van der Waals surface area (Å²) >= 11 is 0. The zero-order valence-electron chi connectivity index (χ0n) is 11.3. The molecule has 0 spiro atoms. The second-order valence-electron chi connectivity index (χ2n) is 4.32. The number of nitrogens with zero attached hydrogens (tertiary/aromatic N) is 2. The standard InChI is InChI=1S/C15H19N3O/c1-3-19-15-8-6-13(7-9-15)12(2)16-11-14-5-4-10-17-18-14/h4-10,12,16H,3,11H2,1-2H3. The maximum atomic E-state index is 5.43. The van der Waals surface area contributed by atoms with Gasteiger partial charge in [-0.2, -0.15) is 10.2 Å². The fourth-order valence-corrected chi connectivity index (χ4v) is 1.82. The molecule has 2 rings (SSSR count). The van der Waals surface area contributed by atoms with Crippen LogP contribution < -0.4 is 10.1 Å². The molecule has 0 bridgehead atoms. The number of benzene rings is 1. The first-order chi connectivity index (χ1) is 9.29. The van der Waals surface area contributed by atoms with E-state index in [0.717, 1.165) is 11.4 Å². The van der Waals surface area contributed by atoms with Crippen molar-refractivity contribution in [3.63, 3.8) is 0 Å². The van der Waals surface area contributed by atoms with Gasteiger partial charge in [-0.25, -0.2) is 0 Å². The Morgan fingerprint density at radius 2 is 2.00 bits per heavy atom. The molecule has 19 heavy (non-hydrogen) atoms. The van der Waals surface area contributed by atoms with Crippen LogP contribution in [0.25, 0.3) is 0 Å². The average Bonchev–Trinajstić information content (AvgIpc) is 2.47. The minimum atomic E-state index is 0.262. The molecule has 2 aromatic rings. The van der Waals surface area contributed by atoms with E-state index in [1.165, 1.54) is 5.56 Å².